The van der Waals surface area contributed by atoms with Crippen LogP contribution in [0.2, 0.25) is 0 Å². The maximum Gasteiger partial charge on any atom is 0.327 e. The van der Waals surface area contributed by atoms with Crippen LogP contribution < -0.4 is 14.8 Å². The number of rotatable bonds is 4. The standard InChI is InChI=1S/C19H17FN6O3/c1-8-22-5-10(6-23-8)29-19-25-17-15-14-11(3-9(7-27)28-18(15)26-19)12(20)4-13(21-2)16(14)24-17/h4-6,9,21,27H,3,7H2,1-2H3,(H,24,25,26). The molecule has 1 aliphatic heterocycles. The molecule has 29 heavy (non-hydrogen) atoms. The summed E-state index contributed by atoms with van der Waals surface area (Å²) in [5.74, 6) is 0.817. The summed E-state index contributed by atoms with van der Waals surface area (Å²) in [4.78, 5) is 20.2. The van der Waals surface area contributed by atoms with Crippen LogP contribution in [0.1, 0.15) is 11.4 Å². The van der Waals surface area contributed by atoms with Crippen LogP contribution in [0.4, 0.5) is 10.1 Å². The number of aryl methyl sites for hydroxylation is 1. The molecule has 1 atom stereocenters. The number of H-pyrrole nitrogens is 1. The third-order valence-electron chi connectivity index (χ3n) is 4.88. The Kier molecular flexibility index (Phi) is 3.95. The predicted molar refractivity (Wildman–Crippen MR) is 103 cm³/mol. The molecular formula is C19H17FN6O3. The number of anilines is 1. The summed E-state index contributed by atoms with van der Waals surface area (Å²) in [5, 5.41) is 13.9. The van der Waals surface area contributed by atoms with E-state index in [9.17, 15) is 9.50 Å². The third kappa shape index (κ3) is 2.80. The van der Waals surface area contributed by atoms with Gasteiger partial charge in [0.15, 0.2) is 5.75 Å². The maximum atomic E-state index is 14.8. The zero-order valence-electron chi connectivity index (χ0n) is 15.7. The maximum absolute atomic E-state index is 14.8. The number of nitrogens with one attached hydrogen (secondary N) is 2. The van der Waals surface area contributed by atoms with E-state index >= 15 is 0 Å². The molecule has 5 rings (SSSR count). The Hall–Kier alpha value is -3.53. The highest BCUT2D eigenvalue weighted by molar-refractivity contribution is 6.14. The molecule has 0 saturated carbocycles. The number of aliphatic hydroxyl groups is 1. The van der Waals surface area contributed by atoms with Gasteiger partial charge >= 0.3 is 6.01 Å². The third-order valence-corrected chi connectivity index (χ3v) is 4.88. The second-order valence-electron chi connectivity index (χ2n) is 6.74. The molecular weight excluding hydrogens is 379 g/mol. The quantitative estimate of drug-likeness (QED) is 0.482. The summed E-state index contributed by atoms with van der Waals surface area (Å²) >= 11 is 0. The van der Waals surface area contributed by atoms with Crippen molar-refractivity contribution < 1.29 is 19.0 Å². The first-order chi connectivity index (χ1) is 14.1. The van der Waals surface area contributed by atoms with Gasteiger partial charge in [-0.05, 0) is 13.0 Å². The summed E-state index contributed by atoms with van der Waals surface area (Å²) < 4.78 is 26.4. The lowest BCUT2D eigenvalue weighted by molar-refractivity contribution is 0.113. The smallest absolute Gasteiger partial charge is 0.327 e. The van der Waals surface area contributed by atoms with Crippen molar-refractivity contribution in [3.05, 3.63) is 35.7 Å². The Morgan fingerprint density at radius 1 is 1.31 bits per heavy atom. The highest BCUT2D eigenvalue weighted by Gasteiger charge is 2.28. The second kappa shape index (κ2) is 6.52. The van der Waals surface area contributed by atoms with Crippen molar-refractivity contribution in [2.75, 3.05) is 19.0 Å². The van der Waals surface area contributed by atoms with Crippen molar-refractivity contribution in [2.45, 2.75) is 19.4 Å². The first kappa shape index (κ1) is 17.6. The molecule has 0 bridgehead atoms. The SMILES string of the molecule is CNc1cc(F)c2c3c1[nH]c1nc(Oc4cnc(C)nc4)nc(c13)OC(CO)C2. The van der Waals surface area contributed by atoms with E-state index in [1.807, 2.05) is 0 Å². The van der Waals surface area contributed by atoms with E-state index in [4.69, 9.17) is 9.47 Å². The lowest BCUT2D eigenvalue weighted by Crippen LogP contribution is -2.24. The van der Waals surface area contributed by atoms with Gasteiger partial charge in [0.25, 0.3) is 0 Å². The molecule has 0 fully saturated rings. The van der Waals surface area contributed by atoms with Crippen LogP contribution in [-0.4, -0.2) is 49.8 Å². The lowest BCUT2D eigenvalue weighted by Gasteiger charge is -2.15. The van der Waals surface area contributed by atoms with Crippen LogP contribution in [0.15, 0.2) is 18.5 Å². The Morgan fingerprint density at radius 2 is 2.10 bits per heavy atom. The largest absolute Gasteiger partial charge is 0.471 e. The van der Waals surface area contributed by atoms with Crippen LogP contribution >= 0.6 is 0 Å². The van der Waals surface area contributed by atoms with Crippen LogP contribution in [0, 0.1) is 12.7 Å². The van der Waals surface area contributed by atoms with Crippen LogP contribution in [-0.2, 0) is 6.42 Å². The topological polar surface area (TPSA) is 118 Å². The second-order valence-corrected chi connectivity index (χ2v) is 6.74. The molecule has 3 N–H and O–H groups in total. The summed E-state index contributed by atoms with van der Waals surface area (Å²) in [6.45, 7) is 1.49. The molecule has 10 heteroatoms. The minimum atomic E-state index is -0.644. The van der Waals surface area contributed by atoms with Gasteiger partial charge in [-0.25, -0.2) is 14.4 Å². The summed E-state index contributed by atoms with van der Waals surface area (Å²) in [6, 6.07) is 1.44. The van der Waals surface area contributed by atoms with E-state index < -0.39 is 6.10 Å². The van der Waals surface area contributed by atoms with E-state index in [0.717, 1.165) is 0 Å². The number of aromatic amines is 1. The van der Waals surface area contributed by atoms with Gasteiger partial charge in [0.2, 0.25) is 5.88 Å². The minimum absolute atomic E-state index is 0.0260. The molecule has 1 unspecified atom stereocenters. The molecule has 0 aliphatic carbocycles. The molecule has 0 radical (unpaired) electrons. The molecule has 4 aromatic rings. The van der Waals surface area contributed by atoms with E-state index in [-0.39, 0.29) is 30.7 Å². The minimum Gasteiger partial charge on any atom is -0.471 e. The predicted octanol–water partition coefficient (Wildman–Crippen LogP) is 2.48. The summed E-state index contributed by atoms with van der Waals surface area (Å²) in [7, 11) is 1.71. The molecule has 0 spiro atoms. The van der Waals surface area contributed by atoms with Crippen LogP contribution in [0.3, 0.4) is 0 Å². The number of hydrogen-bond acceptors (Lipinski definition) is 8. The van der Waals surface area contributed by atoms with E-state index in [2.05, 4.69) is 30.2 Å². The molecule has 148 valence electrons. The van der Waals surface area contributed by atoms with Crippen LogP contribution in [0.25, 0.3) is 21.9 Å². The average molecular weight is 396 g/mol. The normalized spacial score (nSPS) is 15.5. The number of aliphatic hydroxyl groups excluding tert-OH is 1. The molecule has 4 heterocycles. The molecule has 0 amide bonds. The van der Waals surface area contributed by atoms with Gasteiger partial charge in [0.1, 0.15) is 23.4 Å². The Bertz CT molecular complexity index is 1240. The Balaban J connectivity index is 1.74. The Labute approximate surface area is 163 Å². The first-order valence-electron chi connectivity index (χ1n) is 9.04. The van der Waals surface area contributed by atoms with E-state index in [1.165, 1.54) is 18.5 Å². The van der Waals surface area contributed by atoms with Crippen molar-refractivity contribution in [3.63, 3.8) is 0 Å². The number of halogens is 1. The van der Waals surface area contributed by atoms with Gasteiger partial charge in [0.05, 0.1) is 35.6 Å². The van der Waals surface area contributed by atoms with Gasteiger partial charge in [-0.15, -0.1) is 0 Å². The summed E-state index contributed by atoms with van der Waals surface area (Å²) in [5.41, 5.74) is 2.16. The van der Waals surface area contributed by atoms with E-state index in [0.29, 0.717) is 44.8 Å². The molecule has 3 aromatic heterocycles. The van der Waals surface area contributed by atoms with Crippen molar-refractivity contribution >= 4 is 27.6 Å². The lowest BCUT2D eigenvalue weighted by atomic mass is 10.0. The fourth-order valence-electron chi connectivity index (χ4n) is 3.55. The van der Waals surface area contributed by atoms with Crippen molar-refractivity contribution in [3.8, 4) is 17.6 Å². The van der Waals surface area contributed by atoms with Gasteiger partial charge in [-0.2, -0.15) is 9.97 Å². The number of benzene rings is 1. The molecule has 1 aromatic carbocycles. The van der Waals surface area contributed by atoms with Crippen molar-refractivity contribution in [1.82, 2.24) is 24.9 Å². The number of hydrogen-bond donors (Lipinski definition) is 3. The first-order valence-corrected chi connectivity index (χ1v) is 9.04. The number of ether oxygens (including phenoxy) is 2. The van der Waals surface area contributed by atoms with Crippen molar-refractivity contribution in [1.29, 1.82) is 0 Å². The van der Waals surface area contributed by atoms with Gasteiger partial charge in [0, 0.05) is 24.4 Å². The highest BCUT2D eigenvalue weighted by Crippen LogP contribution is 2.41. The monoisotopic (exact) mass is 396 g/mol. The summed E-state index contributed by atoms with van der Waals surface area (Å²) in [6.07, 6.45) is 2.59. The molecule has 9 nitrogen and oxygen atoms in total. The van der Waals surface area contributed by atoms with Gasteiger partial charge < -0.3 is 24.9 Å². The van der Waals surface area contributed by atoms with E-state index in [1.54, 1.807) is 14.0 Å². The van der Waals surface area contributed by atoms with Crippen molar-refractivity contribution in [2.24, 2.45) is 0 Å². The number of nitrogens with zero attached hydrogens (tertiary/aromatic N) is 4. The Morgan fingerprint density at radius 3 is 2.83 bits per heavy atom. The van der Waals surface area contributed by atoms with Crippen LogP contribution in [0.5, 0.6) is 17.6 Å². The fraction of sp³-hybridized carbons (Fsp3) is 0.263. The molecule has 1 aliphatic rings. The van der Waals surface area contributed by atoms with Gasteiger partial charge in [-0.3, -0.25) is 0 Å². The average Bonchev–Trinajstić information content (AvgIpc) is 3.00. The molecule has 0 saturated heterocycles. The number of aromatic nitrogens is 5. The highest BCUT2D eigenvalue weighted by atomic mass is 19.1. The zero-order chi connectivity index (χ0) is 20.1. The van der Waals surface area contributed by atoms with Gasteiger partial charge in [-0.1, -0.05) is 0 Å². The zero-order valence-corrected chi connectivity index (χ0v) is 15.7. The fourth-order valence-corrected chi connectivity index (χ4v) is 3.55.